The summed E-state index contributed by atoms with van der Waals surface area (Å²) in [5.74, 6) is -0.265. The molecule has 0 bridgehead atoms. The Hall–Kier alpha value is -1.14. The molecule has 0 saturated heterocycles. The molecule has 142 valence electrons. The van der Waals surface area contributed by atoms with E-state index >= 15 is 0 Å². The molecule has 6 heteroatoms. The van der Waals surface area contributed by atoms with Gasteiger partial charge in [0, 0.05) is 44.7 Å². The Kier molecular flexibility index (Phi) is 10.2. The summed E-state index contributed by atoms with van der Waals surface area (Å²) in [6.07, 6.45) is 1.77. The van der Waals surface area contributed by atoms with Gasteiger partial charge in [0.05, 0.1) is 0 Å². The average molecular weight is 344 g/mol. The summed E-state index contributed by atoms with van der Waals surface area (Å²) in [6.45, 7) is 17.4. The molecule has 0 saturated carbocycles. The SMILES string of the molecule is CC(=O)OCCNC(C)(C)CCN(C=O)CC(C)(C)CNC(C)C. The van der Waals surface area contributed by atoms with Gasteiger partial charge in [0.1, 0.15) is 6.61 Å². The third kappa shape index (κ3) is 12.3. The van der Waals surface area contributed by atoms with E-state index < -0.39 is 0 Å². The summed E-state index contributed by atoms with van der Waals surface area (Å²) in [7, 11) is 0. The molecule has 0 aromatic rings. The zero-order valence-corrected chi connectivity index (χ0v) is 16.6. The molecule has 0 rings (SSSR count). The standard InChI is InChI=1S/C18H37N3O3/c1-15(2)19-12-17(4,5)13-21(14-22)10-8-18(6,7)20-9-11-24-16(3)23/h14-15,19-20H,8-13H2,1-7H3. The predicted octanol–water partition coefficient (Wildman–Crippen LogP) is 1.79. The van der Waals surface area contributed by atoms with Crippen molar-refractivity contribution in [2.45, 2.75) is 66.5 Å². The van der Waals surface area contributed by atoms with Gasteiger partial charge in [0.25, 0.3) is 0 Å². The lowest BCUT2D eigenvalue weighted by Crippen LogP contribution is -2.46. The van der Waals surface area contributed by atoms with Crippen LogP contribution < -0.4 is 10.6 Å². The van der Waals surface area contributed by atoms with Gasteiger partial charge in [-0.25, -0.2) is 0 Å². The maximum absolute atomic E-state index is 11.4. The highest BCUT2D eigenvalue weighted by Crippen LogP contribution is 2.17. The van der Waals surface area contributed by atoms with Crippen LogP contribution in [0.5, 0.6) is 0 Å². The van der Waals surface area contributed by atoms with Gasteiger partial charge in [-0.05, 0) is 25.7 Å². The Labute approximate surface area is 147 Å². The molecule has 0 aliphatic rings. The number of rotatable bonds is 13. The van der Waals surface area contributed by atoms with Crippen LogP contribution in [0.25, 0.3) is 0 Å². The van der Waals surface area contributed by atoms with Crippen LogP contribution in [0.3, 0.4) is 0 Å². The van der Waals surface area contributed by atoms with Gasteiger partial charge in [-0.2, -0.15) is 0 Å². The molecule has 2 N–H and O–H groups in total. The molecule has 1 amide bonds. The van der Waals surface area contributed by atoms with Crippen molar-refractivity contribution in [1.82, 2.24) is 15.5 Å². The number of esters is 1. The van der Waals surface area contributed by atoms with Crippen LogP contribution in [0.1, 0.15) is 54.9 Å². The molecule has 0 aromatic carbocycles. The maximum Gasteiger partial charge on any atom is 0.302 e. The molecule has 0 aliphatic heterocycles. The molecule has 0 aliphatic carbocycles. The first kappa shape index (κ1) is 22.9. The zero-order valence-electron chi connectivity index (χ0n) is 16.6. The molecular weight excluding hydrogens is 306 g/mol. The Morgan fingerprint density at radius 1 is 1.25 bits per heavy atom. The van der Waals surface area contributed by atoms with Crippen molar-refractivity contribution in [2.24, 2.45) is 5.41 Å². The summed E-state index contributed by atoms with van der Waals surface area (Å²) in [4.78, 5) is 24.0. The lowest BCUT2D eigenvalue weighted by atomic mass is 9.92. The van der Waals surface area contributed by atoms with Gasteiger partial charge in [-0.3, -0.25) is 9.59 Å². The third-order valence-corrected chi connectivity index (χ3v) is 3.80. The van der Waals surface area contributed by atoms with E-state index in [-0.39, 0.29) is 16.9 Å². The predicted molar refractivity (Wildman–Crippen MR) is 97.9 cm³/mol. The number of nitrogens with one attached hydrogen (secondary N) is 2. The number of hydrogen-bond donors (Lipinski definition) is 2. The average Bonchev–Trinajstić information content (AvgIpc) is 2.46. The van der Waals surface area contributed by atoms with E-state index in [1.54, 1.807) is 0 Å². The van der Waals surface area contributed by atoms with Crippen LogP contribution in [-0.2, 0) is 14.3 Å². The van der Waals surface area contributed by atoms with E-state index in [0.29, 0.717) is 25.7 Å². The molecule has 6 nitrogen and oxygen atoms in total. The van der Waals surface area contributed by atoms with Crippen LogP contribution in [0.4, 0.5) is 0 Å². The van der Waals surface area contributed by atoms with E-state index in [0.717, 1.165) is 25.9 Å². The van der Waals surface area contributed by atoms with Crippen molar-refractivity contribution in [2.75, 3.05) is 32.8 Å². The number of nitrogens with zero attached hydrogens (tertiary/aromatic N) is 1. The second-order valence-electron chi connectivity index (χ2n) is 8.18. The highest BCUT2D eigenvalue weighted by molar-refractivity contribution is 5.65. The first-order chi connectivity index (χ1) is 11.0. The summed E-state index contributed by atoms with van der Waals surface area (Å²) in [6, 6.07) is 0.439. The van der Waals surface area contributed by atoms with E-state index in [4.69, 9.17) is 4.74 Å². The quantitative estimate of drug-likeness (QED) is 0.303. The first-order valence-corrected chi connectivity index (χ1v) is 8.78. The fourth-order valence-corrected chi connectivity index (χ4v) is 2.35. The highest BCUT2D eigenvalue weighted by Gasteiger charge is 2.23. The van der Waals surface area contributed by atoms with Crippen molar-refractivity contribution in [3.63, 3.8) is 0 Å². The third-order valence-electron chi connectivity index (χ3n) is 3.80. The number of carbonyl (C=O) groups excluding carboxylic acids is 2. The lowest BCUT2D eigenvalue weighted by molar-refractivity contribution is -0.140. The summed E-state index contributed by atoms with van der Waals surface area (Å²) < 4.78 is 4.92. The van der Waals surface area contributed by atoms with Crippen LogP contribution >= 0.6 is 0 Å². The van der Waals surface area contributed by atoms with E-state index in [9.17, 15) is 9.59 Å². The fourth-order valence-electron chi connectivity index (χ4n) is 2.35. The fraction of sp³-hybridized carbons (Fsp3) is 0.889. The van der Waals surface area contributed by atoms with Gasteiger partial charge in [0.2, 0.25) is 6.41 Å². The first-order valence-electron chi connectivity index (χ1n) is 8.78. The number of amides is 1. The van der Waals surface area contributed by atoms with Crippen molar-refractivity contribution in [3.05, 3.63) is 0 Å². The second-order valence-corrected chi connectivity index (χ2v) is 8.18. The highest BCUT2D eigenvalue weighted by atomic mass is 16.5. The summed E-state index contributed by atoms with van der Waals surface area (Å²) >= 11 is 0. The molecule has 0 atom stereocenters. The summed E-state index contributed by atoms with van der Waals surface area (Å²) in [5.41, 5.74) is -0.0974. The maximum atomic E-state index is 11.4. The van der Waals surface area contributed by atoms with Gasteiger partial charge in [0.15, 0.2) is 0 Å². The topological polar surface area (TPSA) is 70.7 Å². The van der Waals surface area contributed by atoms with Gasteiger partial charge in [-0.15, -0.1) is 0 Å². The number of ether oxygens (including phenoxy) is 1. The second kappa shape index (κ2) is 10.7. The minimum absolute atomic E-state index is 0.0259. The van der Waals surface area contributed by atoms with Crippen LogP contribution in [0, 0.1) is 5.41 Å². The zero-order chi connectivity index (χ0) is 18.8. The van der Waals surface area contributed by atoms with Gasteiger partial charge < -0.3 is 20.3 Å². The molecule has 0 aromatic heterocycles. The smallest absolute Gasteiger partial charge is 0.302 e. The minimum atomic E-state index is -0.265. The molecule has 0 spiro atoms. The molecule has 24 heavy (non-hydrogen) atoms. The number of hydrogen-bond acceptors (Lipinski definition) is 5. The van der Waals surface area contributed by atoms with E-state index in [1.165, 1.54) is 6.92 Å². The van der Waals surface area contributed by atoms with Gasteiger partial charge in [-0.1, -0.05) is 27.7 Å². The Balaban J connectivity index is 4.26. The molecule has 0 unspecified atom stereocenters. The minimum Gasteiger partial charge on any atom is -0.465 e. The van der Waals surface area contributed by atoms with Crippen LogP contribution in [0.2, 0.25) is 0 Å². The molecule has 0 heterocycles. The number of carbonyl (C=O) groups is 2. The monoisotopic (exact) mass is 343 g/mol. The molecule has 0 fully saturated rings. The van der Waals surface area contributed by atoms with Crippen LogP contribution in [0.15, 0.2) is 0 Å². The Bertz CT molecular complexity index is 382. The Morgan fingerprint density at radius 2 is 1.88 bits per heavy atom. The largest absolute Gasteiger partial charge is 0.465 e. The van der Waals surface area contributed by atoms with Crippen LogP contribution in [-0.4, -0.2) is 61.6 Å². The Morgan fingerprint density at radius 3 is 2.38 bits per heavy atom. The van der Waals surface area contributed by atoms with Crippen molar-refractivity contribution < 1.29 is 14.3 Å². The normalized spacial score (nSPS) is 12.3. The van der Waals surface area contributed by atoms with Crippen molar-refractivity contribution in [3.8, 4) is 0 Å². The molecule has 0 radical (unpaired) electrons. The van der Waals surface area contributed by atoms with Crippen molar-refractivity contribution in [1.29, 1.82) is 0 Å². The summed E-state index contributed by atoms with van der Waals surface area (Å²) in [5, 5.41) is 6.80. The van der Waals surface area contributed by atoms with Gasteiger partial charge >= 0.3 is 5.97 Å². The molecular formula is C18H37N3O3. The van der Waals surface area contributed by atoms with Crippen molar-refractivity contribution >= 4 is 12.4 Å². The van der Waals surface area contributed by atoms with E-state index in [2.05, 4.69) is 52.2 Å². The lowest BCUT2D eigenvalue weighted by Gasteiger charge is -2.34. The van der Waals surface area contributed by atoms with E-state index in [1.807, 2.05) is 4.90 Å².